The lowest BCUT2D eigenvalue weighted by Gasteiger charge is -2.11. The van der Waals surface area contributed by atoms with Gasteiger partial charge in [-0.3, -0.25) is 4.79 Å². The number of hydrogen-bond donors (Lipinski definition) is 1. The summed E-state index contributed by atoms with van der Waals surface area (Å²) in [6.45, 7) is 0.344. The van der Waals surface area contributed by atoms with Crippen LogP contribution in [0.3, 0.4) is 0 Å². The van der Waals surface area contributed by atoms with Gasteiger partial charge in [0.05, 0.1) is 6.54 Å². The number of carbonyl (C=O) groups is 1. The first-order chi connectivity index (χ1) is 6.20. The molecule has 4 heteroatoms. The highest BCUT2D eigenvalue weighted by atomic mass is 35.5. The van der Waals surface area contributed by atoms with E-state index in [1.807, 2.05) is 30.3 Å². The molecule has 0 spiro atoms. The van der Waals surface area contributed by atoms with Crippen molar-refractivity contribution >= 4 is 24.0 Å². The highest BCUT2D eigenvalue weighted by Gasteiger charge is 2.01. The predicted molar refractivity (Wildman–Crippen MR) is 60.9 cm³/mol. The number of halogens is 1. The van der Waals surface area contributed by atoms with Crippen LogP contribution in [0, 0.1) is 0 Å². The van der Waals surface area contributed by atoms with Crippen LogP contribution in [0.15, 0.2) is 30.3 Å². The third kappa shape index (κ3) is 4.14. The Morgan fingerprint density at radius 3 is 2.36 bits per heavy atom. The van der Waals surface area contributed by atoms with Crippen LogP contribution in [0.1, 0.15) is 0 Å². The lowest BCUT2D eigenvalue weighted by atomic mass is 10.3. The van der Waals surface area contributed by atoms with Crippen molar-refractivity contribution < 1.29 is 4.79 Å². The summed E-state index contributed by atoms with van der Waals surface area (Å²) >= 11 is 0. The summed E-state index contributed by atoms with van der Waals surface area (Å²) in [6.07, 6.45) is 0. The van der Waals surface area contributed by atoms with E-state index < -0.39 is 0 Å². The minimum atomic E-state index is 0. The summed E-state index contributed by atoms with van der Waals surface area (Å²) in [5, 5.41) is 3.03. The molecule has 14 heavy (non-hydrogen) atoms. The van der Waals surface area contributed by atoms with Gasteiger partial charge in [0.25, 0.3) is 0 Å². The smallest absolute Gasteiger partial charge is 0.241 e. The number of nitrogens with one attached hydrogen (secondary N) is 1. The molecule has 0 bridgehead atoms. The Balaban J connectivity index is 0.00000169. The fourth-order valence-electron chi connectivity index (χ4n) is 0.892. The van der Waals surface area contributed by atoms with Gasteiger partial charge in [0, 0.05) is 19.8 Å². The quantitative estimate of drug-likeness (QED) is 0.829. The monoisotopic (exact) mass is 214 g/mol. The van der Waals surface area contributed by atoms with Crippen LogP contribution in [0.2, 0.25) is 0 Å². The van der Waals surface area contributed by atoms with E-state index in [0.717, 1.165) is 5.69 Å². The molecular formula is C10H15ClN2O. The van der Waals surface area contributed by atoms with E-state index in [1.165, 1.54) is 0 Å². The Bertz CT molecular complexity index is 275. The van der Waals surface area contributed by atoms with Gasteiger partial charge in [0.1, 0.15) is 0 Å². The lowest BCUT2D eigenvalue weighted by molar-refractivity contribution is -0.126. The molecule has 0 saturated carbocycles. The molecule has 1 aromatic rings. The zero-order valence-corrected chi connectivity index (χ0v) is 9.17. The number of likely N-dealkylation sites (N-methyl/N-ethyl adjacent to an activating group) is 1. The highest BCUT2D eigenvalue weighted by molar-refractivity contribution is 5.85. The van der Waals surface area contributed by atoms with Crippen LogP contribution < -0.4 is 5.32 Å². The number of carbonyl (C=O) groups excluding carboxylic acids is 1. The Morgan fingerprint density at radius 1 is 1.29 bits per heavy atom. The molecule has 0 aliphatic carbocycles. The van der Waals surface area contributed by atoms with E-state index >= 15 is 0 Å². The Labute approximate surface area is 90.5 Å². The van der Waals surface area contributed by atoms with Crippen LogP contribution in [-0.4, -0.2) is 31.4 Å². The van der Waals surface area contributed by atoms with E-state index in [0.29, 0.717) is 6.54 Å². The molecule has 0 unspecified atom stereocenters. The van der Waals surface area contributed by atoms with E-state index in [1.54, 1.807) is 19.0 Å². The summed E-state index contributed by atoms with van der Waals surface area (Å²) in [5.41, 5.74) is 0.970. The van der Waals surface area contributed by atoms with Gasteiger partial charge in [-0.2, -0.15) is 0 Å². The fraction of sp³-hybridized carbons (Fsp3) is 0.300. The SMILES string of the molecule is CN(C)C(=O)CNc1ccccc1.Cl. The molecule has 1 rings (SSSR count). The Hall–Kier alpha value is -1.22. The average molecular weight is 215 g/mol. The number of anilines is 1. The minimum Gasteiger partial charge on any atom is -0.376 e. The standard InChI is InChI=1S/C10H14N2O.ClH/c1-12(2)10(13)8-11-9-6-4-3-5-7-9;/h3-7,11H,8H2,1-2H3;1H. The topological polar surface area (TPSA) is 32.3 Å². The van der Waals surface area contributed by atoms with Gasteiger partial charge in [-0.15, -0.1) is 12.4 Å². The van der Waals surface area contributed by atoms with Crippen LogP contribution in [0.4, 0.5) is 5.69 Å². The summed E-state index contributed by atoms with van der Waals surface area (Å²) in [5.74, 6) is 0.0730. The molecule has 1 aromatic carbocycles. The Kier molecular flexibility index (Phi) is 5.72. The van der Waals surface area contributed by atoms with Gasteiger partial charge in [-0.1, -0.05) is 18.2 Å². The maximum Gasteiger partial charge on any atom is 0.241 e. The molecule has 0 radical (unpaired) electrons. The van der Waals surface area contributed by atoms with E-state index in [-0.39, 0.29) is 18.3 Å². The minimum absolute atomic E-state index is 0. The van der Waals surface area contributed by atoms with Crippen LogP contribution >= 0.6 is 12.4 Å². The number of hydrogen-bond acceptors (Lipinski definition) is 2. The van der Waals surface area contributed by atoms with Crippen LogP contribution in [0.25, 0.3) is 0 Å². The van der Waals surface area contributed by atoms with Crippen molar-refractivity contribution in [2.75, 3.05) is 26.0 Å². The number of amides is 1. The first kappa shape index (κ1) is 12.8. The molecule has 3 nitrogen and oxygen atoms in total. The van der Waals surface area contributed by atoms with Crippen LogP contribution in [0.5, 0.6) is 0 Å². The van der Waals surface area contributed by atoms with Gasteiger partial charge in [0.15, 0.2) is 0 Å². The molecule has 0 aromatic heterocycles. The van der Waals surface area contributed by atoms with Crippen molar-refractivity contribution in [2.45, 2.75) is 0 Å². The summed E-state index contributed by atoms with van der Waals surface area (Å²) in [6, 6.07) is 9.68. The molecule has 0 atom stereocenters. The zero-order chi connectivity index (χ0) is 9.68. The molecule has 0 aliphatic heterocycles. The number of rotatable bonds is 3. The molecule has 0 saturated heterocycles. The summed E-state index contributed by atoms with van der Waals surface area (Å²) in [7, 11) is 3.49. The van der Waals surface area contributed by atoms with Gasteiger partial charge >= 0.3 is 0 Å². The fourth-order valence-corrected chi connectivity index (χ4v) is 0.892. The summed E-state index contributed by atoms with van der Waals surface area (Å²) < 4.78 is 0. The van der Waals surface area contributed by atoms with Crippen molar-refractivity contribution in [1.82, 2.24) is 4.90 Å². The maximum atomic E-state index is 11.2. The molecule has 0 aliphatic rings. The van der Waals surface area contributed by atoms with E-state index in [4.69, 9.17) is 0 Å². The normalized spacial score (nSPS) is 8.71. The van der Waals surface area contributed by atoms with Crippen molar-refractivity contribution in [3.63, 3.8) is 0 Å². The van der Waals surface area contributed by atoms with Crippen LogP contribution in [-0.2, 0) is 4.79 Å². The first-order valence-electron chi connectivity index (χ1n) is 4.19. The van der Waals surface area contributed by atoms with Gasteiger partial charge in [0.2, 0.25) is 5.91 Å². The second-order valence-electron chi connectivity index (χ2n) is 3.01. The average Bonchev–Trinajstić information content (AvgIpc) is 2.15. The molecule has 0 heterocycles. The van der Waals surface area contributed by atoms with Crippen molar-refractivity contribution in [3.05, 3.63) is 30.3 Å². The van der Waals surface area contributed by atoms with E-state index in [9.17, 15) is 4.79 Å². The molecule has 0 fully saturated rings. The molecular weight excluding hydrogens is 200 g/mol. The maximum absolute atomic E-state index is 11.2. The van der Waals surface area contributed by atoms with Gasteiger partial charge < -0.3 is 10.2 Å². The van der Waals surface area contributed by atoms with E-state index in [2.05, 4.69) is 5.32 Å². The Morgan fingerprint density at radius 2 is 1.86 bits per heavy atom. The zero-order valence-electron chi connectivity index (χ0n) is 8.36. The second kappa shape index (κ2) is 6.27. The molecule has 78 valence electrons. The lowest BCUT2D eigenvalue weighted by Crippen LogP contribution is -2.28. The molecule has 1 N–H and O–H groups in total. The molecule has 1 amide bonds. The summed E-state index contributed by atoms with van der Waals surface area (Å²) in [4.78, 5) is 12.7. The highest BCUT2D eigenvalue weighted by Crippen LogP contribution is 2.03. The predicted octanol–water partition coefficient (Wildman–Crippen LogP) is 1.61. The first-order valence-corrected chi connectivity index (χ1v) is 4.19. The van der Waals surface area contributed by atoms with Gasteiger partial charge in [-0.25, -0.2) is 0 Å². The number of nitrogens with zero attached hydrogens (tertiary/aromatic N) is 1. The third-order valence-electron chi connectivity index (χ3n) is 1.72. The number of para-hydroxylation sites is 1. The van der Waals surface area contributed by atoms with Crippen molar-refractivity contribution in [1.29, 1.82) is 0 Å². The largest absolute Gasteiger partial charge is 0.376 e. The second-order valence-corrected chi connectivity index (χ2v) is 3.01. The third-order valence-corrected chi connectivity index (χ3v) is 1.72. The number of benzene rings is 1. The van der Waals surface area contributed by atoms with Crippen molar-refractivity contribution in [3.8, 4) is 0 Å². The van der Waals surface area contributed by atoms with Gasteiger partial charge in [-0.05, 0) is 12.1 Å². The van der Waals surface area contributed by atoms with Crippen molar-refractivity contribution in [2.24, 2.45) is 0 Å².